The van der Waals surface area contributed by atoms with Gasteiger partial charge in [-0.25, -0.2) is 0 Å². The molecule has 1 aromatic rings. The molecule has 1 aliphatic rings. The number of amides is 2. The van der Waals surface area contributed by atoms with Gasteiger partial charge in [0.1, 0.15) is 11.8 Å². The third-order valence-corrected chi connectivity index (χ3v) is 4.78. The summed E-state index contributed by atoms with van der Waals surface area (Å²) < 4.78 is 5.16. The first-order valence-electron chi connectivity index (χ1n) is 7.39. The summed E-state index contributed by atoms with van der Waals surface area (Å²) in [5.41, 5.74) is 0. The van der Waals surface area contributed by atoms with Crippen LogP contribution in [0, 0.1) is 5.92 Å². The molecule has 1 N–H and O–H groups in total. The fourth-order valence-corrected chi connectivity index (χ4v) is 3.16. The van der Waals surface area contributed by atoms with Crippen LogP contribution < -0.4 is 5.32 Å². The molecular formula is C16H22N2O3S. The highest BCUT2D eigenvalue weighted by Gasteiger charge is 2.34. The molecule has 22 heavy (non-hydrogen) atoms. The zero-order valence-electron chi connectivity index (χ0n) is 13.1. The monoisotopic (exact) mass is 322 g/mol. The highest BCUT2D eigenvalue weighted by atomic mass is 32.2. The second kappa shape index (κ2) is 7.54. The molecule has 0 radical (unpaired) electrons. The van der Waals surface area contributed by atoms with Crippen LogP contribution in [-0.2, 0) is 9.59 Å². The molecule has 2 atom stereocenters. The van der Waals surface area contributed by atoms with E-state index >= 15 is 0 Å². The van der Waals surface area contributed by atoms with Crippen LogP contribution in [0.1, 0.15) is 26.5 Å². The van der Waals surface area contributed by atoms with E-state index in [4.69, 9.17) is 4.42 Å². The average Bonchev–Trinajstić information content (AvgIpc) is 3.15. The summed E-state index contributed by atoms with van der Waals surface area (Å²) in [6.07, 6.45) is 4.63. The molecule has 2 unspecified atom stereocenters. The number of rotatable bonds is 5. The Hall–Kier alpha value is -1.69. The summed E-state index contributed by atoms with van der Waals surface area (Å²) in [7, 11) is 0. The lowest BCUT2D eigenvalue weighted by molar-refractivity contribution is -0.135. The quantitative estimate of drug-likeness (QED) is 0.845. The molecule has 0 saturated carbocycles. The molecule has 1 fully saturated rings. The van der Waals surface area contributed by atoms with Crippen LogP contribution in [-0.4, -0.2) is 40.4 Å². The molecule has 5 nitrogen and oxygen atoms in total. The summed E-state index contributed by atoms with van der Waals surface area (Å²) in [5.74, 6) is 1.91. The molecule has 1 saturated heterocycles. The Kier molecular flexibility index (Phi) is 5.71. The number of hydrogen-bond donors (Lipinski definition) is 1. The van der Waals surface area contributed by atoms with Gasteiger partial charge in [0.15, 0.2) is 0 Å². The first-order chi connectivity index (χ1) is 10.5. The fraction of sp³-hybridized carbons (Fsp3) is 0.500. The van der Waals surface area contributed by atoms with Crippen LogP contribution in [0.25, 0.3) is 6.08 Å². The third kappa shape index (κ3) is 4.16. The predicted molar refractivity (Wildman–Crippen MR) is 88.1 cm³/mol. The highest BCUT2D eigenvalue weighted by molar-refractivity contribution is 7.99. The molecule has 2 rings (SSSR count). The van der Waals surface area contributed by atoms with E-state index in [9.17, 15) is 9.59 Å². The lowest BCUT2D eigenvalue weighted by atomic mass is 10.1. The molecule has 2 amide bonds. The van der Waals surface area contributed by atoms with Crippen molar-refractivity contribution in [1.82, 2.24) is 10.2 Å². The summed E-state index contributed by atoms with van der Waals surface area (Å²) in [5, 5.41) is 2.99. The lowest BCUT2D eigenvalue weighted by Crippen LogP contribution is -2.50. The fourth-order valence-electron chi connectivity index (χ4n) is 2.00. The lowest BCUT2D eigenvalue weighted by Gasteiger charge is -2.25. The van der Waals surface area contributed by atoms with Gasteiger partial charge in [0.05, 0.1) is 12.1 Å². The van der Waals surface area contributed by atoms with E-state index in [1.807, 2.05) is 6.92 Å². The van der Waals surface area contributed by atoms with Gasteiger partial charge in [0.25, 0.3) is 0 Å². The van der Waals surface area contributed by atoms with Crippen LogP contribution >= 0.6 is 11.8 Å². The van der Waals surface area contributed by atoms with Gasteiger partial charge < -0.3 is 14.6 Å². The first kappa shape index (κ1) is 16.7. The van der Waals surface area contributed by atoms with Crippen molar-refractivity contribution >= 4 is 29.7 Å². The number of furan rings is 1. The molecule has 2 heterocycles. The van der Waals surface area contributed by atoms with E-state index in [0.717, 1.165) is 0 Å². The van der Waals surface area contributed by atoms with E-state index in [1.165, 1.54) is 6.08 Å². The van der Waals surface area contributed by atoms with Gasteiger partial charge in [0.2, 0.25) is 11.8 Å². The molecular weight excluding hydrogens is 300 g/mol. The van der Waals surface area contributed by atoms with Crippen molar-refractivity contribution in [2.45, 2.75) is 32.9 Å². The number of thioether (sulfide) groups is 1. The largest absolute Gasteiger partial charge is 0.465 e. The van der Waals surface area contributed by atoms with Gasteiger partial charge in [-0.2, -0.15) is 0 Å². The van der Waals surface area contributed by atoms with Crippen LogP contribution in [0.4, 0.5) is 0 Å². The van der Waals surface area contributed by atoms with Gasteiger partial charge in [-0.15, -0.1) is 11.8 Å². The van der Waals surface area contributed by atoms with E-state index < -0.39 is 6.04 Å². The smallest absolute Gasteiger partial charge is 0.248 e. The zero-order chi connectivity index (χ0) is 16.1. The minimum Gasteiger partial charge on any atom is -0.465 e. The van der Waals surface area contributed by atoms with Crippen molar-refractivity contribution in [3.05, 3.63) is 30.2 Å². The minimum atomic E-state index is -0.403. The van der Waals surface area contributed by atoms with E-state index in [-0.39, 0.29) is 17.9 Å². The topological polar surface area (TPSA) is 62.6 Å². The SMILES string of the molecule is CC(C)C(C)NC(=O)C1CSCN1C(=O)C=Cc1ccco1. The zero-order valence-corrected chi connectivity index (χ0v) is 13.9. The Morgan fingerprint density at radius 3 is 2.86 bits per heavy atom. The molecule has 6 heteroatoms. The number of carbonyl (C=O) groups excluding carboxylic acids is 2. The number of nitrogens with zero attached hydrogens (tertiary/aromatic N) is 1. The summed E-state index contributed by atoms with van der Waals surface area (Å²) in [4.78, 5) is 26.2. The third-order valence-electron chi connectivity index (χ3n) is 3.77. The van der Waals surface area contributed by atoms with Gasteiger partial charge in [-0.05, 0) is 31.1 Å². The number of carbonyl (C=O) groups is 2. The summed E-state index contributed by atoms with van der Waals surface area (Å²) >= 11 is 1.59. The predicted octanol–water partition coefficient (Wildman–Crippen LogP) is 2.36. The minimum absolute atomic E-state index is 0.0778. The molecule has 1 aliphatic heterocycles. The Labute approximate surface area is 135 Å². The molecule has 0 spiro atoms. The van der Waals surface area contributed by atoms with Crippen molar-refractivity contribution in [3.8, 4) is 0 Å². The van der Waals surface area contributed by atoms with Crippen molar-refractivity contribution < 1.29 is 14.0 Å². The van der Waals surface area contributed by atoms with Gasteiger partial charge in [0, 0.05) is 17.9 Å². The molecule has 0 bridgehead atoms. The second-order valence-corrected chi connectivity index (χ2v) is 6.71. The maximum atomic E-state index is 12.3. The van der Waals surface area contributed by atoms with Crippen LogP contribution in [0.15, 0.2) is 28.9 Å². The first-order valence-corrected chi connectivity index (χ1v) is 8.55. The molecule has 1 aromatic heterocycles. The number of nitrogens with one attached hydrogen (secondary N) is 1. The second-order valence-electron chi connectivity index (χ2n) is 5.71. The van der Waals surface area contributed by atoms with Crippen LogP contribution in [0.3, 0.4) is 0 Å². The maximum absolute atomic E-state index is 12.3. The maximum Gasteiger partial charge on any atom is 0.248 e. The Morgan fingerprint density at radius 2 is 2.23 bits per heavy atom. The molecule has 0 aromatic carbocycles. The number of hydrogen-bond acceptors (Lipinski definition) is 4. The standard InChI is InChI=1S/C16H22N2O3S/c1-11(2)12(3)17-16(20)14-9-22-10-18(14)15(19)7-6-13-5-4-8-21-13/h4-8,11-12,14H,9-10H2,1-3H3,(H,17,20). The van der Waals surface area contributed by atoms with Crippen LogP contribution in [0.5, 0.6) is 0 Å². The Morgan fingerprint density at radius 1 is 1.45 bits per heavy atom. The molecule has 0 aliphatic carbocycles. The summed E-state index contributed by atoms with van der Waals surface area (Å²) in [6, 6.07) is 3.23. The summed E-state index contributed by atoms with van der Waals surface area (Å²) in [6.45, 7) is 6.10. The molecule has 120 valence electrons. The van der Waals surface area contributed by atoms with Crippen molar-refractivity contribution in [3.63, 3.8) is 0 Å². The average molecular weight is 322 g/mol. The van der Waals surface area contributed by atoms with Gasteiger partial charge >= 0.3 is 0 Å². The van der Waals surface area contributed by atoms with E-state index in [2.05, 4.69) is 19.2 Å². The highest BCUT2D eigenvalue weighted by Crippen LogP contribution is 2.22. The van der Waals surface area contributed by atoms with E-state index in [1.54, 1.807) is 41.1 Å². The van der Waals surface area contributed by atoms with E-state index in [0.29, 0.717) is 23.3 Å². The Balaban J connectivity index is 1.97. The van der Waals surface area contributed by atoms with Gasteiger partial charge in [-0.1, -0.05) is 13.8 Å². The Bertz CT molecular complexity index is 540. The van der Waals surface area contributed by atoms with Crippen molar-refractivity contribution in [2.75, 3.05) is 11.6 Å². The van der Waals surface area contributed by atoms with Crippen molar-refractivity contribution in [2.24, 2.45) is 5.92 Å². The van der Waals surface area contributed by atoms with Crippen LogP contribution in [0.2, 0.25) is 0 Å². The van der Waals surface area contributed by atoms with Crippen molar-refractivity contribution in [1.29, 1.82) is 0 Å². The van der Waals surface area contributed by atoms with Gasteiger partial charge in [-0.3, -0.25) is 9.59 Å². The normalized spacial score (nSPS) is 19.8.